The number of carboxylic acids is 1. The number of benzene rings is 3. The summed E-state index contributed by atoms with van der Waals surface area (Å²) in [5.74, 6) is 0.778. The second kappa shape index (κ2) is 11.8. The number of nitrogens with one attached hydrogen (secondary N) is 2. The molecule has 0 radical (unpaired) electrons. The Morgan fingerprint density at radius 2 is 1.59 bits per heavy atom. The van der Waals surface area contributed by atoms with E-state index < -0.39 is 5.97 Å². The third-order valence-electron chi connectivity index (χ3n) is 6.83. The van der Waals surface area contributed by atoms with Gasteiger partial charge in [0.15, 0.2) is 0 Å². The fourth-order valence-electron chi connectivity index (χ4n) is 4.95. The van der Waals surface area contributed by atoms with E-state index in [9.17, 15) is 14.7 Å². The first-order chi connectivity index (χ1) is 19.0. The van der Waals surface area contributed by atoms with Crippen molar-refractivity contribution >= 4 is 29.2 Å². The van der Waals surface area contributed by atoms with Gasteiger partial charge in [-0.2, -0.15) is 0 Å². The maximum atomic E-state index is 13.1. The zero-order valence-corrected chi connectivity index (χ0v) is 21.9. The Hall–Kier alpha value is -4.72. The minimum Gasteiger partial charge on any atom is -0.481 e. The monoisotopic (exact) mass is 521 g/mol. The van der Waals surface area contributed by atoms with Crippen molar-refractivity contribution in [2.45, 2.75) is 25.7 Å². The summed E-state index contributed by atoms with van der Waals surface area (Å²) in [4.78, 5) is 36.3. The van der Waals surface area contributed by atoms with Crippen LogP contribution in [0.15, 0.2) is 78.9 Å². The predicted octanol–water partition coefficient (Wildman–Crippen LogP) is 5.26. The number of aromatic nitrogens is 2. The second-order valence-corrected chi connectivity index (χ2v) is 9.54. The molecular formula is C31H31N5O3. The number of anilines is 3. The molecule has 3 aromatic carbocycles. The predicted molar refractivity (Wildman–Crippen MR) is 153 cm³/mol. The molecule has 1 fully saturated rings. The van der Waals surface area contributed by atoms with Crippen molar-refractivity contribution in [2.75, 3.05) is 35.7 Å². The molecule has 5 rings (SSSR count). The van der Waals surface area contributed by atoms with Crippen LogP contribution in [0.4, 0.5) is 17.3 Å². The molecule has 0 unspecified atom stereocenters. The van der Waals surface area contributed by atoms with Gasteiger partial charge in [-0.15, -0.1) is 0 Å². The van der Waals surface area contributed by atoms with Crippen molar-refractivity contribution < 1.29 is 14.7 Å². The van der Waals surface area contributed by atoms with Gasteiger partial charge in [0.1, 0.15) is 17.5 Å². The Labute approximate surface area is 227 Å². The molecular weight excluding hydrogens is 490 g/mol. The number of nitrogens with zero attached hydrogens (tertiary/aromatic N) is 3. The lowest BCUT2D eigenvalue weighted by Gasteiger charge is -2.22. The lowest BCUT2D eigenvalue weighted by Crippen LogP contribution is -2.24. The Bertz CT molecular complexity index is 1470. The van der Waals surface area contributed by atoms with E-state index in [1.54, 1.807) is 7.05 Å². The number of carbonyl (C=O) groups is 2. The van der Waals surface area contributed by atoms with Crippen molar-refractivity contribution in [1.29, 1.82) is 0 Å². The maximum Gasteiger partial charge on any atom is 0.308 e. The van der Waals surface area contributed by atoms with E-state index >= 15 is 0 Å². The molecule has 1 aliphatic rings. The summed E-state index contributed by atoms with van der Waals surface area (Å²) in [6.07, 6.45) is 2.46. The summed E-state index contributed by atoms with van der Waals surface area (Å²) < 4.78 is 0. The standard InChI is InChI=1S/C31H31N5O3/c1-32-29-26(20-28(37)38)30(36-17-7-8-18-36)35-27(34-29)19-21-13-15-23(16-14-21)33-31(39)25-12-6-5-11-24(25)22-9-3-2-4-10-22/h2-6,9-16H,7-8,17-20H2,1H3,(H,33,39)(H,37,38)(H,32,34,35). The molecule has 2 heterocycles. The van der Waals surface area contributed by atoms with Crippen molar-refractivity contribution in [3.05, 3.63) is 101 Å². The minimum absolute atomic E-state index is 0.135. The number of aliphatic carboxylic acids is 1. The van der Waals surface area contributed by atoms with Crippen molar-refractivity contribution in [3.8, 4) is 11.1 Å². The highest BCUT2D eigenvalue weighted by atomic mass is 16.4. The van der Waals surface area contributed by atoms with Crippen molar-refractivity contribution in [2.24, 2.45) is 0 Å². The summed E-state index contributed by atoms with van der Waals surface area (Å²) in [6, 6.07) is 25.1. The van der Waals surface area contributed by atoms with Gasteiger partial charge in [0, 0.05) is 43.4 Å². The van der Waals surface area contributed by atoms with Crippen LogP contribution in [0.1, 0.15) is 40.2 Å². The quantitative estimate of drug-likeness (QED) is 0.276. The molecule has 8 nitrogen and oxygen atoms in total. The summed E-state index contributed by atoms with van der Waals surface area (Å²) in [5.41, 5.74) is 4.77. The van der Waals surface area contributed by atoms with Crippen molar-refractivity contribution in [1.82, 2.24) is 9.97 Å². The van der Waals surface area contributed by atoms with Crippen LogP contribution in [0.25, 0.3) is 11.1 Å². The summed E-state index contributed by atoms with van der Waals surface area (Å²) >= 11 is 0. The van der Waals surface area contributed by atoms with Crippen LogP contribution >= 0.6 is 0 Å². The average Bonchev–Trinajstić information content (AvgIpc) is 3.50. The van der Waals surface area contributed by atoms with Crippen LogP contribution in [0.3, 0.4) is 0 Å². The molecule has 1 aliphatic heterocycles. The van der Waals surface area contributed by atoms with Gasteiger partial charge in [0.2, 0.25) is 0 Å². The Balaban J connectivity index is 1.34. The zero-order valence-electron chi connectivity index (χ0n) is 21.9. The van der Waals surface area contributed by atoms with E-state index in [0.29, 0.717) is 40.7 Å². The summed E-state index contributed by atoms with van der Waals surface area (Å²) in [5, 5.41) is 15.5. The highest BCUT2D eigenvalue weighted by Gasteiger charge is 2.23. The van der Waals surface area contributed by atoms with Gasteiger partial charge in [-0.05, 0) is 47.7 Å². The number of carbonyl (C=O) groups excluding carboxylic acids is 1. The lowest BCUT2D eigenvalue weighted by molar-refractivity contribution is -0.136. The molecule has 0 spiro atoms. The maximum absolute atomic E-state index is 13.1. The van der Waals surface area contributed by atoms with Gasteiger partial charge in [0.05, 0.1) is 6.42 Å². The molecule has 0 bridgehead atoms. The number of hydrogen-bond donors (Lipinski definition) is 3. The summed E-state index contributed by atoms with van der Waals surface area (Å²) in [6.45, 7) is 1.71. The van der Waals surface area contributed by atoms with E-state index in [4.69, 9.17) is 4.98 Å². The lowest BCUT2D eigenvalue weighted by atomic mass is 9.99. The Morgan fingerprint density at radius 3 is 2.28 bits per heavy atom. The van der Waals surface area contributed by atoms with Gasteiger partial charge in [-0.25, -0.2) is 9.97 Å². The highest BCUT2D eigenvalue weighted by Crippen LogP contribution is 2.29. The minimum atomic E-state index is -0.910. The van der Waals surface area contributed by atoms with Crippen LogP contribution in [-0.2, 0) is 17.6 Å². The second-order valence-electron chi connectivity index (χ2n) is 9.54. The van der Waals surface area contributed by atoms with E-state index in [0.717, 1.165) is 42.6 Å². The fraction of sp³-hybridized carbons (Fsp3) is 0.226. The first-order valence-electron chi connectivity index (χ1n) is 13.1. The number of rotatable bonds is 9. The molecule has 3 N–H and O–H groups in total. The molecule has 0 atom stereocenters. The molecule has 1 saturated heterocycles. The molecule has 0 saturated carbocycles. The largest absolute Gasteiger partial charge is 0.481 e. The van der Waals surface area contributed by atoms with Crippen LogP contribution in [0.2, 0.25) is 0 Å². The van der Waals surface area contributed by atoms with Crippen LogP contribution in [-0.4, -0.2) is 47.1 Å². The Morgan fingerprint density at radius 1 is 0.897 bits per heavy atom. The first-order valence-corrected chi connectivity index (χ1v) is 13.1. The van der Waals surface area contributed by atoms with E-state index in [1.165, 1.54) is 0 Å². The SMILES string of the molecule is CNc1nc(Cc2ccc(NC(=O)c3ccccc3-c3ccccc3)cc2)nc(N2CCCC2)c1CC(=O)O. The zero-order chi connectivity index (χ0) is 27.2. The molecule has 39 heavy (non-hydrogen) atoms. The normalized spacial score (nSPS) is 12.8. The van der Waals surface area contributed by atoms with Gasteiger partial charge in [-0.3, -0.25) is 9.59 Å². The molecule has 0 aliphatic carbocycles. The van der Waals surface area contributed by atoms with Crippen LogP contribution in [0, 0.1) is 0 Å². The molecule has 1 amide bonds. The van der Waals surface area contributed by atoms with E-state index in [2.05, 4.69) is 20.5 Å². The van der Waals surface area contributed by atoms with E-state index in [1.807, 2.05) is 78.9 Å². The average molecular weight is 522 g/mol. The number of hydrogen-bond acceptors (Lipinski definition) is 6. The van der Waals surface area contributed by atoms with Gasteiger partial charge in [-0.1, -0.05) is 60.7 Å². The summed E-state index contributed by atoms with van der Waals surface area (Å²) in [7, 11) is 1.75. The van der Waals surface area contributed by atoms with Gasteiger partial charge in [0.25, 0.3) is 5.91 Å². The topological polar surface area (TPSA) is 107 Å². The van der Waals surface area contributed by atoms with Gasteiger partial charge < -0.3 is 20.6 Å². The molecule has 1 aromatic heterocycles. The number of amides is 1. The molecule has 8 heteroatoms. The van der Waals surface area contributed by atoms with Crippen LogP contribution < -0.4 is 15.5 Å². The fourth-order valence-corrected chi connectivity index (χ4v) is 4.95. The van der Waals surface area contributed by atoms with Crippen molar-refractivity contribution in [3.63, 3.8) is 0 Å². The van der Waals surface area contributed by atoms with Crippen LogP contribution in [0.5, 0.6) is 0 Å². The molecule has 198 valence electrons. The smallest absolute Gasteiger partial charge is 0.308 e. The molecule has 4 aromatic rings. The highest BCUT2D eigenvalue weighted by molar-refractivity contribution is 6.08. The third kappa shape index (κ3) is 6.06. The number of carboxylic acid groups (broad SMARTS) is 1. The third-order valence-corrected chi connectivity index (χ3v) is 6.83. The first kappa shape index (κ1) is 25.9. The Kier molecular flexibility index (Phi) is 7.82. The van der Waals surface area contributed by atoms with E-state index in [-0.39, 0.29) is 12.3 Å². The van der Waals surface area contributed by atoms with Gasteiger partial charge >= 0.3 is 5.97 Å².